The first-order chi connectivity index (χ1) is 8.58. The van der Waals surface area contributed by atoms with Crippen LogP contribution in [0.2, 0.25) is 0 Å². The second kappa shape index (κ2) is 4.31. The molecule has 1 saturated heterocycles. The standard InChI is InChI=1S/C11H16F2N2O3/c12-10(13)5-4-6-7(9(17)8(5)16)14-11(18-6)15-2-1-3-15/h5-10,16-17H,1-4H2/t5-,6-,7-,8-,9+/m0/s1. The zero-order valence-corrected chi connectivity index (χ0v) is 9.75. The molecule has 5 atom stereocenters. The molecule has 2 fully saturated rings. The van der Waals surface area contributed by atoms with Crippen molar-refractivity contribution in [2.45, 2.75) is 43.6 Å². The predicted molar refractivity (Wildman–Crippen MR) is 58.4 cm³/mol. The fraction of sp³-hybridized carbons (Fsp3) is 0.909. The molecule has 1 aliphatic carbocycles. The molecule has 0 aromatic carbocycles. The Labute approximate surface area is 103 Å². The maximum Gasteiger partial charge on any atom is 0.288 e. The van der Waals surface area contributed by atoms with Crippen LogP contribution in [0.4, 0.5) is 8.78 Å². The van der Waals surface area contributed by atoms with Crippen LogP contribution < -0.4 is 0 Å². The summed E-state index contributed by atoms with van der Waals surface area (Å²) in [6, 6.07) is -0.192. The monoisotopic (exact) mass is 262 g/mol. The van der Waals surface area contributed by atoms with E-state index in [2.05, 4.69) is 4.99 Å². The Balaban J connectivity index is 1.75. The van der Waals surface area contributed by atoms with Crippen LogP contribution in [-0.4, -0.2) is 65.0 Å². The third kappa shape index (κ3) is 1.76. The summed E-state index contributed by atoms with van der Waals surface area (Å²) in [4.78, 5) is 6.13. The summed E-state index contributed by atoms with van der Waals surface area (Å²) in [5.74, 6) is -1.24. The van der Waals surface area contributed by atoms with Crippen LogP contribution in [0, 0.1) is 5.92 Å². The van der Waals surface area contributed by atoms with E-state index in [1.165, 1.54) is 0 Å². The summed E-state index contributed by atoms with van der Waals surface area (Å²) in [6.07, 6.45) is -4.83. The van der Waals surface area contributed by atoms with Crippen molar-refractivity contribution in [2.75, 3.05) is 13.1 Å². The van der Waals surface area contributed by atoms with Gasteiger partial charge in [0.05, 0.1) is 12.0 Å². The van der Waals surface area contributed by atoms with Gasteiger partial charge in [-0.2, -0.15) is 0 Å². The van der Waals surface area contributed by atoms with Gasteiger partial charge in [0.25, 0.3) is 6.02 Å². The van der Waals surface area contributed by atoms with Crippen molar-refractivity contribution in [3.8, 4) is 0 Å². The average Bonchev–Trinajstić information content (AvgIpc) is 2.64. The molecule has 0 radical (unpaired) electrons. The minimum absolute atomic E-state index is 0.0292. The molecule has 0 bridgehead atoms. The molecule has 2 N–H and O–H groups in total. The molecule has 0 spiro atoms. The Hall–Kier alpha value is -0.950. The third-order valence-corrected chi connectivity index (χ3v) is 3.99. The Bertz CT molecular complexity index is 362. The molecule has 0 unspecified atom stereocenters. The highest BCUT2D eigenvalue weighted by Gasteiger charge is 2.51. The van der Waals surface area contributed by atoms with E-state index >= 15 is 0 Å². The summed E-state index contributed by atoms with van der Waals surface area (Å²) in [6.45, 7) is 1.68. The second-order valence-electron chi connectivity index (χ2n) is 5.11. The van der Waals surface area contributed by atoms with E-state index in [9.17, 15) is 19.0 Å². The maximum atomic E-state index is 12.8. The molecule has 3 aliphatic rings. The summed E-state index contributed by atoms with van der Waals surface area (Å²) in [5, 5.41) is 19.6. The number of fused-ring (bicyclic) bond motifs is 1. The van der Waals surface area contributed by atoms with Gasteiger partial charge in [0, 0.05) is 13.1 Å². The summed E-state index contributed by atoms with van der Waals surface area (Å²) in [7, 11) is 0. The van der Waals surface area contributed by atoms with Gasteiger partial charge in [-0.25, -0.2) is 13.8 Å². The van der Waals surface area contributed by atoms with Crippen LogP contribution >= 0.6 is 0 Å². The fourth-order valence-electron chi connectivity index (χ4n) is 2.71. The molecule has 0 aromatic heterocycles. The number of hydrogen-bond acceptors (Lipinski definition) is 5. The minimum atomic E-state index is -2.66. The van der Waals surface area contributed by atoms with Crippen LogP contribution in [0.25, 0.3) is 0 Å². The van der Waals surface area contributed by atoms with Crippen LogP contribution in [0.3, 0.4) is 0 Å². The maximum absolute atomic E-state index is 12.8. The van der Waals surface area contributed by atoms with E-state index in [1.807, 2.05) is 4.90 Å². The molecule has 18 heavy (non-hydrogen) atoms. The number of hydrogen-bond donors (Lipinski definition) is 2. The lowest BCUT2D eigenvalue weighted by atomic mass is 9.80. The van der Waals surface area contributed by atoms with Crippen molar-refractivity contribution in [3.63, 3.8) is 0 Å². The SMILES string of the molecule is O[C@@H]1[C@H](O)[C@H]2N=C(N3CCC3)O[C@H]2C[C@@H]1C(F)F. The fourth-order valence-corrected chi connectivity index (χ4v) is 2.71. The number of aliphatic imine (C=N–C) groups is 1. The molecular weight excluding hydrogens is 246 g/mol. The second-order valence-corrected chi connectivity index (χ2v) is 5.11. The van der Waals surface area contributed by atoms with Gasteiger partial charge in [-0.3, -0.25) is 0 Å². The van der Waals surface area contributed by atoms with Crippen molar-refractivity contribution in [1.82, 2.24) is 4.90 Å². The normalized spacial score (nSPS) is 43.3. The van der Waals surface area contributed by atoms with Gasteiger partial charge in [-0.1, -0.05) is 0 Å². The lowest BCUT2D eigenvalue weighted by Gasteiger charge is -2.37. The molecule has 3 rings (SSSR count). The van der Waals surface area contributed by atoms with Gasteiger partial charge in [-0.05, 0) is 12.8 Å². The molecule has 2 aliphatic heterocycles. The smallest absolute Gasteiger partial charge is 0.288 e. The van der Waals surface area contributed by atoms with Gasteiger partial charge in [0.1, 0.15) is 18.2 Å². The highest BCUT2D eigenvalue weighted by molar-refractivity contribution is 5.76. The number of rotatable bonds is 1. The molecule has 7 heteroatoms. The minimum Gasteiger partial charge on any atom is -0.459 e. The number of nitrogens with zero attached hydrogens (tertiary/aromatic N) is 2. The first kappa shape index (κ1) is 12.1. The van der Waals surface area contributed by atoms with Crippen molar-refractivity contribution in [3.05, 3.63) is 0 Å². The number of amidine groups is 1. The van der Waals surface area contributed by atoms with E-state index in [0.29, 0.717) is 6.02 Å². The number of likely N-dealkylation sites (tertiary alicyclic amines) is 1. The summed E-state index contributed by atoms with van der Waals surface area (Å²) in [5.41, 5.74) is 0. The highest BCUT2D eigenvalue weighted by atomic mass is 19.3. The Morgan fingerprint density at radius 1 is 1.28 bits per heavy atom. The van der Waals surface area contributed by atoms with E-state index < -0.39 is 36.7 Å². The number of aliphatic hydroxyl groups excluding tert-OH is 2. The van der Waals surface area contributed by atoms with Gasteiger partial charge < -0.3 is 19.8 Å². The molecule has 1 saturated carbocycles. The highest BCUT2D eigenvalue weighted by Crippen LogP contribution is 2.36. The predicted octanol–water partition coefficient (Wildman–Crippen LogP) is -0.178. The molecule has 5 nitrogen and oxygen atoms in total. The molecule has 2 heterocycles. The van der Waals surface area contributed by atoms with E-state index in [0.717, 1.165) is 19.5 Å². The van der Waals surface area contributed by atoms with Crippen molar-refractivity contribution in [1.29, 1.82) is 0 Å². The van der Waals surface area contributed by atoms with E-state index in [1.54, 1.807) is 0 Å². The topological polar surface area (TPSA) is 65.3 Å². The van der Waals surface area contributed by atoms with E-state index in [-0.39, 0.29) is 6.42 Å². The quantitative estimate of drug-likeness (QED) is 0.688. The van der Waals surface area contributed by atoms with Crippen LogP contribution in [0.15, 0.2) is 4.99 Å². The third-order valence-electron chi connectivity index (χ3n) is 3.99. The molecular formula is C11H16F2N2O3. The first-order valence-corrected chi connectivity index (χ1v) is 6.21. The van der Waals surface area contributed by atoms with Crippen molar-refractivity contribution in [2.24, 2.45) is 10.9 Å². The number of ether oxygens (including phenoxy) is 1. The lowest BCUT2D eigenvalue weighted by Crippen LogP contribution is -2.53. The lowest BCUT2D eigenvalue weighted by molar-refractivity contribution is -0.124. The van der Waals surface area contributed by atoms with Crippen LogP contribution in [0.5, 0.6) is 0 Å². The largest absolute Gasteiger partial charge is 0.459 e. The molecule has 102 valence electrons. The first-order valence-electron chi connectivity index (χ1n) is 6.21. The Morgan fingerprint density at radius 3 is 2.56 bits per heavy atom. The van der Waals surface area contributed by atoms with Gasteiger partial charge in [0.15, 0.2) is 0 Å². The number of halogens is 2. The number of aliphatic hydroxyl groups is 2. The number of alkyl halides is 2. The average molecular weight is 262 g/mol. The summed E-state index contributed by atoms with van der Waals surface area (Å²) >= 11 is 0. The van der Waals surface area contributed by atoms with Crippen LogP contribution in [0.1, 0.15) is 12.8 Å². The molecule has 0 amide bonds. The van der Waals surface area contributed by atoms with E-state index in [4.69, 9.17) is 4.74 Å². The zero-order valence-electron chi connectivity index (χ0n) is 9.75. The van der Waals surface area contributed by atoms with Gasteiger partial charge in [-0.15, -0.1) is 0 Å². The van der Waals surface area contributed by atoms with Gasteiger partial charge in [0.2, 0.25) is 6.43 Å². The van der Waals surface area contributed by atoms with Crippen molar-refractivity contribution < 1.29 is 23.7 Å². The molecule has 0 aromatic rings. The van der Waals surface area contributed by atoms with Crippen LogP contribution in [-0.2, 0) is 4.74 Å². The van der Waals surface area contributed by atoms with Gasteiger partial charge >= 0.3 is 0 Å². The zero-order chi connectivity index (χ0) is 12.9. The Morgan fingerprint density at radius 2 is 2.00 bits per heavy atom. The van der Waals surface area contributed by atoms with Crippen molar-refractivity contribution >= 4 is 6.02 Å². The Kier molecular flexibility index (Phi) is 2.90. The summed E-state index contributed by atoms with van der Waals surface area (Å²) < 4.78 is 31.1.